The van der Waals surface area contributed by atoms with Gasteiger partial charge in [0.1, 0.15) is 5.82 Å². The molecule has 1 aromatic heterocycles. The highest BCUT2D eigenvalue weighted by Gasteiger charge is 2.14. The van der Waals surface area contributed by atoms with Gasteiger partial charge in [0.05, 0.1) is 6.61 Å². The standard InChI is InChI=1S/C15H14FNO3/c1-2-20-15(19)14(18)5-3-4-10-9-17-13-7-6-11(16)8-12(10)13/h6-9,14,17-18H,2,5H2,1H3. The monoisotopic (exact) mass is 275 g/mol. The number of halogens is 1. The van der Waals surface area contributed by atoms with Gasteiger partial charge in [-0.25, -0.2) is 9.18 Å². The predicted molar refractivity (Wildman–Crippen MR) is 72.4 cm³/mol. The molecule has 2 aromatic rings. The number of carbonyl (C=O) groups excluding carboxylic acids is 1. The van der Waals surface area contributed by atoms with Crippen molar-refractivity contribution < 1.29 is 19.0 Å². The van der Waals surface area contributed by atoms with Gasteiger partial charge >= 0.3 is 5.97 Å². The number of esters is 1. The highest BCUT2D eigenvalue weighted by Crippen LogP contribution is 2.18. The Hall–Kier alpha value is -2.32. The Bertz CT molecular complexity index is 681. The summed E-state index contributed by atoms with van der Waals surface area (Å²) in [5.74, 6) is 4.47. The maximum atomic E-state index is 13.2. The van der Waals surface area contributed by atoms with Gasteiger partial charge in [-0.3, -0.25) is 0 Å². The van der Waals surface area contributed by atoms with Crippen molar-refractivity contribution in [1.82, 2.24) is 4.98 Å². The van der Waals surface area contributed by atoms with Gasteiger partial charge in [0.15, 0.2) is 6.10 Å². The van der Waals surface area contributed by atoms with Crippen molar-refractivity contribution in [3.05, 3.63) is 35.8 Å². The number of hydrogen-bond acceptors (Lipinski definition) is 3. The Morgan fingerprint density at radius 3 is 3.10 bits per heavy atom. The lowest BCUT2D eigenvalue weighted by Gasteiger charge is -2.04. The van der Waals surface area contributed by atoms with Gasteiger partial charge in [0, 0.05) is 29.1 Å². The number of H-pyrrole nitrogens is 1. The molecule has 2 rings (SSSR count). The molecule has 2 N–H and O–H groups in total. The highest BCUT2D eigenvalue weighted by molar-refractivity contribution is 5.86. The zero-order chi connectivity index (χ0) is 14.5. The third-order valence-electron chi connectivity index (χ3n) is 2.72. The van der Waals surface area contributed by atoms with Gasteiger partial charge < -0.3 is 14.8 Å². The van der Waals surface area contributed by atoms with Crippen LogP contribution in [0.2, 0.25) is 0 Å². The van der Waals surface area contributed by atoms with E-state index in [4.69, 9.17) is 0 Å². The number of rotatable bonds is 3. The SMILES string of the molecule is CCOC(=O)C(O)CC#Cc1c[nH]c2ccc(F)cc12. The van der Waals surface area contributed by atoms with E-state index < -0.39 is 12.1 Å². The Balaban J connectivity index is 2.11. The fourth-order valence-corrected chi connectivity index (χ4v) is 1.76. The molecule has 0 aliphatic heterocycles. The quantitative estimate of drug-likeness (QED) is 0.665. The van der Waals surface area contributed by atoms with Crippen molar-refractivity contribution >= 4 is 16.9 Å². The number of carbonyl (C=O) groups is 1. The molecule has 0 radical (unpaired) electrons. The average Bonchev–Trinajstić information content (AvgIpc) is 2.81. The molecular formula is C15H14FNO3. The van der Waals surface area contributed by atoms with E-state index in [2.05, 4.69) is 21.6 Å². The van der Waals surface area contributed by atoms with Gasteiger partial charge in [0.25, 0.3) is 0 Å². The number of aromatic amines is 1. The third kappa shape index (κ3) is 3.16. The van der Waals surface area contributed by atoms with Crippen molar-refractivity contribution in [1.29, 1.82) is 0 Å². The molecular weight excluding hydrogens is 261 g/mol. The number of aliphatic hydroxyl groups excluding tert-OH is 1. The summed E-state index contributed by atoms with van der Waals surface area (Å²) < 4.78 is 17.8. The molecule has 1 unspecified atom stereocenters. The van der Waals surface area contributed by atoms with Crippen LogP contribution in [-0.4, -0.2) is 28.8 Å². The van der Waals surface area contributed by atoms with E-state index in [-0.39, 0.29) is 18.8 Å². The highest BCUT2D eigenvalue weighted by atomic mass is 19.1. The van der Waals surface area contributed by atoms with Crippen molar-refractivity contribution in [3.8, 4) is 11.8 Å². The van der Waals surface area contributed by atoms with Gasteiger partial charge in [0.2, 0.25) is 0 Å². The van der Waals surface area contributed by atoms with Crippen LogP contribution in [0.15, 0.2) is 24.4 Å². The van der Waals surface area contributed by atoms with E-state index in [1.165, 1.54) is 12.1 Å². The summed E-state index contributed by atoms with van der Waals surface area (Å²) in [7, 11) is 0. The van der Waals surface area contributed by atoms with Gasteiger partial charge in [-0.05, 0) is 25.1 Å². The maximum Gasteiger partial charge on any atom is 0.335 e. The Morgan fingerprint density at radius 1 is 1.55 bits per heavy atom. The molecule has 0 aliphatic carbocycles. The number of aliphatic hydroxyl groups is 1. The van der Waals surface area contributed by atoms with Gasteiger partial charge in [-0.15, -0.1) is 0 Å². The third-order valence-corrected chi connectivity index (χ3v) is 2.72. The fraction of sp³-hybridized carbons (Fsp3) is 0.267. The van der Waals surface area contributed by atoms with Gasteiger partial charge in [-0.2, -0.15) is 0 Å². The van der Waals surface area contributed by atoms with Crippen LogP contribution < -0.4 is 0 Å². The Labute approximate surface area is 115 Å². The minimum atomic E-state index is -1.26. The molecule has 104 valence electrons. The second kappa shape index (κ2) is 6.22. The number of fused-ring (bicyclic) bond motifs is 1. The molecule has 0 aliphatic rings. The first-order valence-corrected chi connectivity index (χ1v) is 6.22. The van der Waals surface area contributed by atoms with E-state index in [1.54, 1.807) is 19.2 Å². The minimum absolute atomic E-state index is 0.0270. The summed E-state index contributed by atoms with van der Waals surface area (Å²) in [6.45, 7) is 1.88. The van der Waals surface area contributed by atoms with Crippen LogP contribution in [0.25, 0.3) is 10.9 Å². The summed E-state index contributed by atoms with van der Waals surface area (Å²) in [4.78, 5) is 14.2. The van der Waals surface area contributed by atoms with Crippen LogP contribution in [0.5, 0.6) is 0 Å². The van der Waals surface area contributed by atoms with Crippen LogP contribution in [-0.2, 0) is 9.53 Å². The molecule has 5 heteroatoms. The number of hydrogen-bond donors (Lipinski definition) is 2. The molecule has 0 saturated heterocycles. The molecule has 20 heavy (non-hydrogen) atoms. The minimum Gasteiger partial charge on any atom is -0.464 e. The molecule has 0 amide bonds. The second-order valence-corrected chi connectivity index (χ2v) is 4.17. The summed E-state index contributed by atoms with van der Waals surface area (Å²) >= 11 is 0. The first-order valence-electron chi connectivity index (χ1n) is 6.22. The van der Waals surface area contributed by atoms with Crippen LogP contribution in [0.1, 0.15) is 18.9 Å². The maximum absolute atomic E-state index is 13.2. The van der Waals surface area contributed by atoms with Crippen molar-refractivity contribution in [2.24, 2.45) is 0 Å². The first kappa shape index (κ1) is 14.1. The topological polar surface area (TPSA) is 62.3 Å². The van der Waals surface area contributed by atoms with E-state index in [1.807, 2.05) is 0 Å². The fourth-order valence-electron chi connectivity index (χ4n) is 1.76. The van der Waals surface area contributed by atoms with Crippen LogP contribution in [0.3, 0.4) is 0 Å². The number of ether oxygens (including phenoxy) is 1. The van der Waals surface area contributed by atoms with Crippen LogP contribution in [0, 0.1) is 17.7 Å². The lowest BCUT2D eigenvalue weighted by Crippen LogP contribution is -2.22. The molecule has 1 heterocycles. The van der Waals surface area contributed by atoms with E-state index >= 15 is 0 Å². The first-order chi connectivity index (χ1) is 9.61. The summed E-state index contributed by atoms with van der Waals surface area (Å²) in [5.41, 5.74) is 1.40. The zero-order valence-electron chi connectivity index (χ0n) is 10.9. The van der Waals surface area contributed by atoms with E-state index in [0.717, 1.165) is 5.52 Å². The van der Waals surface area contributed by atoms with Gasteiger partial charge in [-0.1, -0.05) is 11.8 Å². The normalized spacial score (nSPS) is 11.8. The molecule has 1 atom stereocenters. The van der Waals surface area contributed by atoms with Crippen molar-refractivity contribution in [3.63, 3.8) is 0 Å². The van der Waals surface area contributed by atoms with Crippen molar-refractivity contribution in [2.75, 3.05) is 6.61 Å². The number of aromatic nitrogens is 1. The second-order valence-electron chi connectivity index (χ2n) is 4.17. The molecule has 0 saturated carbocycles. The van der Waals surface area contributed by atoms with Crippen LogP contribution >= 0.6 is 0 Å². The largest absolute Gasteiger partial charge is 0.464 e. The van der Waals surface area contributed by atoms with Crippen LogP contribution in [0.4, 0.5) is 4.39 Å². The number of benzene rings is 1. The van der Waals surface area contributed by atoms with E-state index in [9.17, 15) is 14.3 Å². The zero-order valence-corrected chi connectivity index (χ0v) is 10.9. The Kier molecular flexibility index (Phi) is 4.38. The molecule has 1 aromatic carbocycles. The lowest BCUT2D eigenvalue weighted by atomic mass is 10.1. The van der Waals surface area contributed by atoms with Crippen molar-refractivity contribution in [2.45, 2.75) is 19.4 Å². The molecule has 4 nitrogen and oxygen atoms in total. The summed E-state index contributed by atoms with van der Waals surface area (Å²) in [5, 5.41) is 10.2. The summed E-state index contributed by atoms with van der Waals surface area (Å²) in [6, 6.07) is 4.38. The van der Waals surface area contributed by atoms with E-state index in [0.29, 0.717) is 10.9 Å². The molecule has 0 bridgehead atoms. The molecule has 0 fully saturated rings. The predicted octanol–water partition coefficient (Wildman–Crippen LogP) is 1.97. The smallest absolute Gasteiger partial charge is 0.335 e. The summed E-state index contributed by atoms with van der Waals surface area (Å²) in [6.07, 6.45) is 0.374. The average molecular weight is 275 g/mol. The lowest BCUT2D eigenvalue weighted by molar-refractivity contribution is -0.152. The molecule has 0 spiro atoms. The Morgan fingerprint density at radius 2 is 2.35 bits per heavy atom. The number of nitrogens with one attached hydrogen (secondary N) is 1.